The Labute approximate surface area is 154 Å². The number of nitrogens with zero attached hydrogens (tertiary/aromatic N) is 3. The van der Waals surface area contributed by atoms with Crippen LogP contribution >= 0.6 is 0 Å². The van der Waals surface area contributed by atoms with Crippen LogP contribution in [-0.4, -0.2) is 47.5 Å². The highest BCUT2D eigenvalue weighted by Gasteiger charge is 2.20. The first kappa shape index (κ1) is 18.2. The molecule has 2 aromatic rings. The Morgan fingerprint density at radius 2 is 2.00 bits per heavy atom. The fourth-order valence-electron chi connectivity index (χ4n) is 3.19. The van der Waals surface area contributed by atoms with Crippen LogP contribution in [0, 0.1) is 6.92 Å². The summed E-state index contributed by atoms with van der Waals surface area (Å²) in [6.07, 6.45) is 4.18. The number of hydrogen-bond donors (Lipinski definition) is 1. The summed E-state index contributed by atoms with van der Waals surface area (Å²) >= 11 is 0. The van der Waals surface area contributed by atoms with Crippen molar-refractivity contribution >= 4 is 11.7 Å². The molecule has 0 unspecified atom stereocenters. The van der Waals surface area contributed by atoms with Crippen LogP contribution in [0.15, 0.2) is 30.3 Å². The maximum atomic E-state index is 12.7. The first-order chi connectivity index (χ1) is 12.7. The molecule has 26 heavy (non-hydrogen) atoms. The maximum Gasteiger partial charge on any atom is 0.272 e. The van der Waals surface area contributed by atoms with E-state index in [1.165, 1.54) is 12.0 Å². The van der Waals surface area contributed by atoms with Gasteiger partial charge in [0, 0.05) is 25.7 Å². The van der Waals surface area contributed by atoms with Gasteiger partial charge in [-0.2, -0.15) is 0 Å². The number of amides is 1. The van der Waals surface area contributed by atoms with Gasteiger partial charge in [0.05, 0.1) is 7.11 Å². The minimum absolute atomic E-state index is 0.00560. The molecular weight excluding hydrogens is 328 g/mol. The lowest BCUT2D eigenvalue weighted by Crippen LogP contribution is -2.36. The number of rotatable bonds is 6. The minimum Gasteiger partial charge on any atom is -0.497 e. The van der Waals surface area contributed by atoms with E-state index >= 15 is 0 Å². The van der Waals surface area contributed by atoms with Gasteiger partial charge in [-0.25, -0.2) is 9.97 Å². The van der Waals surface area contributed by atoms with Gasteiger partial charge in [0.2, 0.25) is 0 Å². The molecule has 6 heteroatoms. The molecule has 1 saturated heterocycles. The summed E-state index contributed by atoms with van der Waals surface area (Å²) in [7, 11) is 1.67. The number of methoxy groups -OCH3 is 1. The number of nitrogens with one attached hydrogen (secondary N) is 1. The lowest BCUT2D eigenvalue weighted by Gasteiger charge is -2.26. The van der Waals surface area contributed by atoms with Crippen LogP contribution in [0.2, 0.25) is 0 Å². The molecule has 1 aliphatic heterocycles. The highest BCUT2D eigenvalue weighted by molar-refractivity contribution is 5.93. The van der Waals surface area contributed by atoms with E-state index in [1.807, 2.05) is 30.0 Å². The quantitative estimate of drug-likeness (QED) is 0.863. The van der Waals surface area contributed by atoms with E-state index in [4.69, 9.17) is 4.74 Å². The van der Waals surface area contributed by atoms with Crippen LogP contribution in [0.3, 0.4) is 0 Å². The Hall–Kier alpha value is -2.63. The summed E-state index contributed by atoms with van der Waals surface area (Å²) in [6, 6.07) is 9.77. The topological polar surface area (TPSA) is 67.3 Å². The van der Waals surface area contributed by atoms with E-state index in [-0.39, 0.29) is 5.91 Å². The normalized spacial score (nSPS) is 14.2. The molecule has 1 aromatic carbocycles. The predicted octanol–water partition coefficient (Wildman–Crippen LogP) is 3.07. The van der Waals surface area contributed by atoms with Crippen molar-refractivity contribution in [2.24, 2.45) is 0 Å². The van der Waals surface area contributed by atoms with Crippen LogP contribution in [0.1, 0.15) is 41.1 Å². The zero-order valence-electron chi connectivity index (χ0n) is 15.5. The second kappa shape index (κ2) is 8.65. The van der Waals surface area contributed by atoms with Crippen LogP contribution in [0.5, 0.6) is 5.75 Å². The van der Waals surface area contributed by atoms with Gasteiger partial charge < -0.3 is 15.0 Å². The fraction of sp³-hybridized carbons (Fsp3) is 0.450. The van der Waals surface area contributed by atoms with E-state index in [0.29, 0.717) is 17.3 Å². The number of hydrogen-bond acceptors (Lipinski definition) is 5. The molecule has 1 aliphatic rings. The number of benzene rings is 1. The Morgan fingerprint density at radius 1 is 1.19 bits per heavy atom. The number of carbonyl (C=O) groups is 1. The molecule has 0 saturated carbocycles. The van der Waals surface area contributed by atoms with E-state index < -0.39 is 0 Å². The molecule has 0 aliphatic carbocycles. The number of piperidine rings is 1. The highest BCUT2D eigenvalue weighted by Crippen LogP contribution is 2.15. The van der Waals surface area contributed by atoms with Crippen LogP contribution in [-0.2, 0) is 6.42 Å². The van der Waals surface area contributed by atoms with Crippen LogP contribution in [0.4, 0.5) is 5.82 Å². The second-order valence-corrected chi connectivity index (χ2v) is 6.57. The highest BCUT2D eigenvalue weighted by atomic mass is 16.5. The van der Waals surface area contributed by atoms with E-state index in [1.54, 1.807) is 13.2 Å². The molecule has 0 bridgehead atoms. The van der Waals surface area contributed by atoms with Crippen molar-refractivity contribution in [2.45, 2.75) is 32.6 Å². The smallest absolute Gasteiger partial charge is 0.272 e. The molecule has 1 fully saturated rings. The summed E-state index contributed by atoms with van der Waals surface area (Å²) in [6.45, 7) is 4.18. The third-order valence-electron chi connectivity index (χ3n) is 4.55. The summed E-state index contributed by atoms with van der Waals surface area (Å²) < 4.78 is 5.25. The van der Waals surface area contributed by atoms with Gasteiger partial charge in [-0.05, 0) is 50.3 Å². The molecule has 0 spiro atoms. The van der Waals surface area contributed by atoms with Gasteiger partial charge >= 0.3 is 0 Å². The molecule has 2 heterocycles. The van der Waals surface area contributed by atoms with Gasteiger partial charge in [-0.3, -0.25) is 4.79 Å². The number of carbonyl (C=O) groups excluding carboxylic acids is 1. The monoisotopic (exact) mass is 354 g/mol. The SMILES string of the molecule is COc1cccc(CCNc2cc(C(=O)N3CCCCC3)nc(C)n2)c1. The van der Waals surface area contributed by atoms with Crippen molar-refractivity contribution in [3.63, 3.8) is 0 Å². The number of aryl methyl sites for hydroxylation is 1. The fourth-order valence-corrected chi connectivity index (χ4v) is 3.19. The Bertz CT molecular complexity index is 757. The van der Waals surface area contributed by atoms with Crippen molar-refractivity contribution in [1.29, 1.82) is 0 Å². The second-order valence-electron chi connectivity index (χ2n) is 6.57. The Balaban J connectivity index is 1.62. The Kier molecular flexibility index (Phi) is 6.04. The summed E-state index contributed by atoms with van der Waals surface area (Å²) in [5, 5.41) is 3.31. The van der Waals surface area contributed by atoms with E-state index in [9.17, 15) is 4.79 Å². The van der Waals surface area contributed by atoms with Gasteiger partial charge in [0.25, 0.3) is 5.91 Å². The van der Waals surface area contributed by atoms with Crippen molar-refractivity contribution in [1.82, 2.24) is 14.9 Å². The molecule has 0 radical (unpaired) electrons. The van der Waals surface area contributed by atoms with Gasteiger partial charge in [0.1, 0.15) is 23.1 Å². The zero-order valence-corrected chi connectivity index (χ0v) is 15.5. The predicted molar refractivity (Wildman–Crippen MR) is 102 cm³/mol. The first-order valence-corrected chi connectivity index (χ1v) is 9.17. The van der Waals surface area contributed by atoms with Crippen molar-refractivity contribution in [3.05, 3.63) is 47.4 Å². The Morgan fingerprint density at radius 3 is 2.77 bits per heavy atom. The molecule has 3 rings (SSSR count). The summed E-state index contributed by atoms with van der Waals surface area (Å²) in [5.74, 6) is 2.17. The van der Waals surface area contributed by atoms with Crippen LogP contribution < -0.4 is 10.1 Å². The third kappa shape index (κ3) is 4.71. The number of anilines is 1. The minimum atomic E-state index is 0.00560. The lowest BCUT2D eigenvalue weighted by atomic mass is 10.1. The molecule has 0 atom stereocenters. The zero-order chi connectivity index (χ0) is 18.4. The molecule has 6 nitrogen and oxygen atoms in total. The molecule has 1 N–H and O–H groups in total. The maximum absolute atomic E-state index is 12.7. The van der Waals surface area contributed by atoms with E-state index in [2.05, 4.69) is 21.4 Å². The molecular formula is C20H26N4O2. The third-order valence-corrected chi connectivity index (χ3v) is 4.55. The molecule has 138 valence electrons. The van der Waals surface area contributed by atoms with Gasteiger partial charge in [-0.1, -0.05) is 12.1 Å². The average molecular weight is 354 g/mol. The molecule has 1 amide bonds. The van der Waals surface area contributed by atoms with Crippen LogP contribution in [0.25, 0.3) is 0 Å². The summed E-state index contributed by atoms with van der Waals surface area (Å²) in [4.78, 5) is 23.3. The first-order valence-electron chi connectivity index (χ1n) is 9.17. The number of aromatic nitrogens is 2. The summed E-state index contributed by atoms with van der Waals surface area (Å²) in [5.41, 5.74) is 1.66. The lowest BCUT2D eigenvalue weighted by molar-refractivity contribution is 0.0718. The standard InChI is InChI=1S/C20H26N4O2/c1-15-22-18(20(25)24-11-4-3-5-12-24)14-19(23-15)21-10-9-16-7-6-8-17(13-16)26-2/h6-8,13-14H,3-5,9-12H2,1-2H3,(H,21,22,23). The largest absolute Gasteiger partial charge is 0.497 e. The average Bonchev–Trinajstić information content (AvgIpc) is 2.68. The van der Waals surface area contributed by atoms with E-state index in [0.717, 1.165) is 44.6 Å². The van der Waals surface area contributed by atoms with Crippen molar-refractivity contribution in [2.75, 3.05) is 32.1 Å². The number of ether oxygens (including phenoxy) is 1. The molecule has 1 aromatic heterocycles. The van der Waals surface area contributed by atoms with Gasteiger partial charge in [-0.15, -0.1) is 0 Å². The van der Waals surface area contributed by atoms with Gasteiger partial charge in [0.15, 0.2) is 0 Å². The van der Waals surface area contributed by atoms with Crippen molar-refractivity contribution in [3.8, 4) is 5.75 Å². The number of likely N-dealkylation sites (tertiary alicyclic amines) is 1. The van der Waals surface area contributed by atoms with Crippen molar-refractivity contribution < 1.29 is 9.53 Å².